The van der Waals surface area contributed by atoms with Crippen LogP contribution in [0.2, 0.25) is 0 Å². The lowest BCUT2D eigenvalue weighted by molar-refractivity contribution is -0.138. The molecular formula is C19H21NO4. The van der Waals surface area contributed by atoms with Gasteiger partial charge in [-0.3, -0.25) is 4.79 Å². The van der Waals surface area contributed by atoms with Crippen molar-refractivity contribution in [2.75, 3.05) is 20.2 Å². The Morgan fingerprint density at radius 2 is 1.71 bits per heavy atom. The van der Waals surface area contributed by atoms with Crippen molar-refractivity contribution in [3.05, 3.63) is 42.0 Å². The summed E-state index contributed by atoms with van der Waals surface area (Å²) in [6, 6.07) is 11.2. The lowest BCUT2D eigenvalue weighted by atomic mass is 10.1. The highest BCUT2D eigenvalue weighted by atomic mass is 16.5. The van der Waals surface area contributed by atoms with Crippen LogP contribution in [0.4, 0.5) is 0 Å². The third kappa shape index (κ3) is 3.20. The number of hydrogen-bond donors (Lipinski definition) is 0. The number of ether oxygens (including phenoxy) is 2. The van der Waals surface area contributed by atoms with Gasteiger partial charge in [-0.2, -0.15) is 0 Å². The monoisotopic (exact) mass is 327 g/mol. The van der Waals surface area contributed by atoms with Gasteiger partial charge in [-0.15, -0.1) is 0 Å². The molecule has 0 spiro atoms. The van der Waals surface area contributed by atoms with Crippen molar-refractivity contribution in [2.45, 2.75) is 25.9 Å². The lowest BCUT2D eigenvalue weighted by Gasteiger charge is -2.20. The molecule has 1 aliphatic rings. The molecule has 0 aromatic heterocycles. The van der Waals surface area contributed by atoms with Gasteiger partial charge in [0.05, 0.1) is 7.11 Å². The first-order valence-corrected chi connectivity index (χ1v) is 8.16. The molecular weight excluding hydrogens is 306 g/mol. The Balaban J connectivity index is 1.81. The molecule has 1 fully saturated rings. The highest BCUT2D eigenvalue weighted by molar-refractivity contribution is 5.99. The van der Waals surface area contributed by atoms with E-state index in [0.717, 1.165) is 36.7 Å². The Bertz CT molecular complexity index is 765. The fourth-order valence-corrected chi connectivity index (χ4v) is 3.02. The molecule has 0 radical (unpaired) electrons. The van der Waals surface area contributed by atoms with Crippen LogP contribution >= 0.6 is 0 Å². The topological polar surface area (TPSA) is 55.8 Å². The summed E-state index contributed by atoms with van der Waals surface area (Å²) in [5.41, 5.74) is 0.331. The molecule has 2 aromatic rings. The molecule has 0 unspecified atom stereocenters. The van der Waals surface area contributed by atoms with Crippen molar-refractivity contribution in [3.63, 3.8) is 0 Å². The summed E-state index contributed by atoms with van der Waals surface area (Å²) in [5.74, 6) is -0.238. The molecule has 1 amide bonds. The molecule has 0 aliphatic carbocycles. The summed E-state index contributed by atoms with van der Waals surface area (Å²) in [6.07, 6.45) is 1.21. The second-order valence-electron chi connectivity index (χ2n) is 5.98. The number of rotatable bonds is 4. The van der Waals surface area contributed by atoms with Gasteiger partial charge in [-0.25, -0.2) is 4.79 Å². The normalized spacial score (nSPS) is 15.3. The predicted molar refractivity (Wildman–Crippen MR) is 91.2 cm³/mol. The first-order chi connectivity index (χ1) is 11.6. The highest BCUT2D eigenvalue weighted by Crippen LogP contribution is 2.27. The Kier molecular flexibility index (Phi) is 4.69. The molecule has 5 nitrogen and oxygen atoms in total. The van der Waals surface area contributed by atoms with Gasteiger partial charge in [-0.1, -0.05) is 24.3 Å². The molecule has 1 aliphatic heterocycles. The van der Waals surface area contributed by atoms with Gasteiger partial charge in [0, 0.05) is 13.1 Å². The zero-order valence-corrected chi connectivity index (χ0v) is 14.0. The number of amides is 1. The zero-order chi connectivity index (χ0) is 17.1. The minimum atomic E-state index is -0.799. The van der Waals surface area contributed by atoms with Crippen molar-refractivity contribution in [1.29, 1.82) is 0 Å². The van der Waals surface area contributed by atoms with Crippen molar-refractivity contribution >= 4 is 22.6 Å². The van der Waals surface area contributed by atoms with Crippen molar-refractivity contribution in [3.8, 4) is 5.75 Å². The van der Waals surface area contributed by atoms with Crippen LogP contribution in [0.1, 0.15) is 30.1 Å². The maximum absolute atomic E-state index is 12.5. The number of hydrogen-bond acceptors (Lipinski definition) is 4. The molecule has 24 heavy (non-hydrogen) atoms. The Morgan fingerprint density at radius 3 is 2.33 bits per heavy atom. The Labute approximate surface area is 141 Å². The molecule has 0 N–H and O–H groups in total. The number of carbonyl (C=O) groups is 2. The van der Waals surface area contributed by atoms with Gasteiger partial charge >= 0.3 is 5.97 Å². The summed E-state index contributed by atoms with van der Waals surface area (Å²) in [5, 5.41) is 1.90. The van der Waals surface area contributed by atoms with Crippen LogP contribution in [0.3, 0.4) is 0 Å². The van der Waals surface area contributed by atoms with E-state index in [1.165, 1.54) is 7.11 Å². The van der Waals surface area contributed by atoms with Crippen LogP contribution in [-0.4, -0.2) is 43.1 Å². The van der Waals surface area contributed by atoms with E-state index in [2.05, 4.69) is 0 Å². The largest absolute Gasteiger partial charge is 0.496 e. The van der Waals surface area contributed by atoms with Crippen LogP contribution in [0.15, 0.2) is 36.4 Å². The van der Waals surface area contributed by atoms with Crippen LogP contribution in [0.5, 0.6) is 5.75 Å². The predicted octanol–water partition coefficient (Wildman–Crippen LogP) is 3.02. The number of fused-ring (bicyclic) bond motifs is 1. The van der Waals surface area contributed by atoms with E-state index < -0.39 is 12.1 Å². The second kappa shape index (κ2) is 6.91. The van der Waals surface area contributed by atoms with E-state index in [9.17, 15) is 9.59 Å². The van der Waals surface area contributed by atoms with Crippen molar-refractivity contribution < 1.29 is 19.1 Å². The van der Waals surface area contributed by atoms with E-state index in [-0.39, 0.29) is 5.91 Å². The summed E-state index contributed by atoms with van der Waals surface area (Å²) in [6.45, 7) is 3.09. The SMILES string of the molecule is COc1cc2ccccc2cc1C(=O)O[C@@H](C)C(=O)N1CCCC1. The number of esters is 1. The molecule has 1 saturated heterocycles. The number of benzene rings is 2. The molecule has 2 aromatic carbocycles. The second-order valence-corrected chi connectivity index (χ2v) is 5.98. The summed E-state index contributed by atoms with van der Waals surface area (Å²) in [4.78, 5) is 26.6. The average Bonchev–Trinajstić information content (AvgIpc) is 3.14. The van der Waals surface area contributed by atoms with E-state index >= 15 is 0 Å². The number of nitrogens with zero attached hydrogens (tertiary/aromatic N) is 1. The van der Waals surface area contributed by atoms with Gasteiger partial charge in [0.15, 0.2) is 6.10 Å². The summed E-state index contributed by atoms with van der Waals surface area (Å²) >= 11 is 0. The maximum Gasteiger partial charge on any atom is 0.342 e. The molecule has 1 heterocycles. The molecule has 3 rings (SSSR count). The quantitative estimate of drug-likeness (QED) is 0.810. The van der Waals surface area contributed by atoms with E-state index in [4.69, 9.17) is 9.47 Å². The van der Waals surface area contributed by atoms with Gasteiger partial charge in [0.1, 0.15) is 11.3 Å². The third-order valence-electron chi connectivity index (χ3n) is 4.34. The first kappa shape index (κ1) is 16.3. The van der Waals surface area contributed by atoms with Crippen LogP contribution in [0, 0.1) is 0 Å². The fourth-order valence-electron chi connectivity index (χ4n) is 3.02. The Hall–Kier alpha value is -2.56. The van der Waals surface area contributed by atoms with Crippen LogP contribution in [-0.2, 0) is 9.53 Å². The molecule has 1 atom stereocenters. The van der Waals surface area contributed by atoms with Crippen LogP contribution in [0.25, 0.3) is 10.8 Å². The van der Waals surface area contributed by atoms with Gasteiger partial charge in [0.25, 0.3) is 5.91 Å². The lowest BCUT2D eigenvalue weighted by Crippen LogP contribution is -2.38. The van der Waals surface area contributed by atoms with E-state index in [0.29, 0.717) is 11.3 Å². The van der Waals surface area contributed by atoms with E-state index in [1.54, 1.807) is 24.0 Å². The minimum Gasteiger partial charge on any atom is -0.496 e. The summed E-state index contributed by atoms with van der Waals surface area (Å²) in [7, 11) is 1.51. The van der Waals surface area contributed by atoms with Gasteiger partial charge in [0.2, 0.25) is 0 Å². The van der Waals surface area contributed by atoms with Crippen molar-refractivity contribution in [2.24, 2.45) is 0 Å². The van der Waals surface area contributed by atoms with Crippen molar-refractivity contribution in [1.82, 2.24) is 4.90 Å². The van der Waals surface area contributed by atoms with Gasteiger partial charge < -0.3 is 14.4 Å². The average molecular weight is 327 g/mol. The number of methoxy groups -OCH3 is 1. The summed E-state index contributed by atoms with van der Waals surface area (Å²) < 4.78 is 10.7. The molecule has 5 heteroatoms. The highest BCUT2D eigenvalue weighted by Gasteiger charge is 2.27. The maximum atomic E-state index is 12.5. The molecule has 126 valence electrons. The molecule has 0 saturated carbocycles. The smallest absolute Gasteiger partial charge is 0.342 e. The minimum absolute atomic E-state index is 0.138. The van der Waals surface area contributed by atoms with E-state index in [1.807, 2.05) is 24.3 Å². The number of likely N-dealkylation sites (tertiary alicyclic amines) is 1. The fraction of sp³-hybridized carbons (Fsp3) is 0.368. The van der Waals surface area contributed by atoms with Gasteiger partial charge in [-0.05, 0) is 42.7 Å². The number of carbonyl (C=O) groups excluding carboxylic acids is 2. The third-order valence-corrected chi connectivity index (χ3v) is 4.34. The standard InChI is InChI=1S/C19H21NO4/c1-13(18(21)20-9-5-6-10-20)24-19(22)16-11-14-7-3-4-8-15(14)12-17(16)23-2/h3-4,7-8,11-13H,5-6,9-10H2,1-2H3/t13-/m0/s1. The zero-order valence-electron chi connectivity index (χ0n) is 14.0. The van der Waals surface area contributed by atoms with Crippen LogP contribution < -0.4 is 4.74 Å². The Morgan fingerprint density at radius 1 is 1.08 bits per heavy atom. The molecule has 0 bridgehead atoms. The first-order valence-electron chi connectivity index (χ1n) is 8.16.